The van der Waals surface area contributed by atoms with Crippen LogP contribution in [0.4, 0.5) is 13.2 Å². The first-order valence-electron chi connectivity index (χ1n) is 9.44. The molecule has 0 aliphatic heterocycles. The van der Waals surface area contributed by atoms with Crippen LogP contribution in [0.5, 0.6) is 0 Å². The van der Waals surface area contributed by atoms with Crippen molar-refractivity contribution in [3.05, 3.63) is 71.1 Å². The van der Waals surface area contributed by atoms with Crippen molar-refractivity contribution in [2.24, 2.45) is 0 Å². The van der Waals surface area contributed by atoms with E-state index in [1.54, 1.807) is 0 Å². The Hall–Kier alpha value is -2.67. The number of carbonyl (C=O) groups is 1. The summed E-state index contributed by atoms with van der Waals surface area (Å²) >= 11 is 0. The normalized spacial score (nSPS) is 17.0. The molecule has 2 N–H and O–H groups in total. The van der Waals surface area contributed by atoms with E-state index in [1.165, 1.54) is 0 Å². The Morgan fingerprint density at radius 2 is 1.86 bits per heavy atom. The summed E-state index contributed by atoms with van der Waals surface area (Å²) < 4.78 is 39.9. The van der Waals surface area contributed by atoms with Crippen LogP contribution in [0.15, 0.2) is 43.1 Å². The number of rotatable bonds is 5. The second-order valence-electron chi connectivity index (χ2n) is 7.45. The molecule has 1 fully saturated rings. The molecular formula is C22H23F3N2O2. The fourth-order valence-electron chi connectivity index (χ4n) is 3.87. The van der Waals surface area contributed by atoms with E-state index in [4.69, 9.17) is 0 Å². The second kappa shape index (κ2) is 7.99. The Morgan fingerprint density at radius 3 is 2.41 bits per heavy atom. The summed E-state index contributed by atoms with van der Waals surface area (Å²) in [6.45, 7) is 5.34. The minimum Gasteiger partial charge on any atom is -0.387 e. The second-order valence-corrected chi connectivity index (χ2v) is 7.45. The van der Waals surface area contributed by atoms with Gasteiger partial charge in [-0.15, -0.1) is 0 Å². The average molecular weight is 404 g/mol. The Balaban J connectivity index is 1.99. The van der Waals surface area contributed by atoms with Crippen LogP contribution >= 0.6 is 0 Å². The quantitative estimate of drug-likeness (QED) is 0.751. The number of amides is 1. The van der Waals surface area contributed by atoms with Crippen molar-refractivity contribution < 1.29 is 23.1 Å². The average Bonchev–Trinajstić information content (AvgIpc) is 3.12. The third-order valence-electron chi connectivity index (χ3n) is 5.41. The van der Waals surface area contributed by atoms with Crippen LogP contribution < -0.4 is 5.32 Å². The van der Waals surface area contributed by atoms with E-state index in [1.807, 2.05) is 31.2 Å². The smallest absolute Gasteiger partial charge is 0.387 e. The van der Waals surface area contributed by atoms with Gasteiger partial charge in [0.2, 0.25) is 0 Å². The van der Waals surface area contributed by atoms with Crippen LogP contribution in [0, 0.1) is 6.92 Å². The fraction of sp³-hybridized carbons (Fsp3) is 0.364. The molecule has 1 aliphatic rings. The Labute approximate surface area is 167 Å². The van der Waals surface area contributed by atoms with Gasteiger partial charge in [-0.1, -0.05) is 55.3 Å². The van der Waals surface area contributed by atoms with Crippen molar-refractivity contribution in [2.45, 2.75) is 50.4 Å². The van der Waals surface area contributed by atoms with Gasteiger partial charge in [0.05, 0.1) is 17.2 Å². The lowest BCUT2D eigenvalue weighted by molar-refractivity contribution is -0.137. The molecule has 7 heteroatoms. The number of benzene rings is 1. The Morgan fingerprint density at radius 1 is 1.24 bits per heavy atom. The number of hydrogen-bond acceptors (Lipinski definition) is 3. The summed E-state index contributed by atoms with van der Waals surface area (Å²) in [5.74, 6) is -0.781. The minimum atomic E-state index is -4.64. The predicted octanol–water partition coefficient (Wildman–Crippen LogP) is 4.83. The van der Waals surface area contributed by atoms with Gasteiger partial charge in [0.25, 0.3) is 5.91 Å². The first-order chi connectivity index (χ1) is 13.7. The van der Waals surface area contributed by atoms with Gasteiger partial charge in [0.15, 0.2) is 0 Å². The lowest BCUT2D eigenvalue weighted by Crippen LogP contribution is -2.44. The SMILES string of the molecule is C=Cc1c(C(F)(F)F)ccnc1C(=O)NC(c1ccc(C)cc1)C1(O)CCCC1. The molecular weight excluding hydrogens is 381 g/mol. The number of carbonyl (C=O) groups excluding carboxylic acids is 1. The largest absolute Gasteiger partial charge is 0.417 e. The molecule has 1 unspecified atom stereocenters. The molecule has 3 rings (SSSR count). The van der Waals surface area contributed by atoms with Crippen molar-refractivity contribution in [3.63, 3.8) is 0 Å². The van der Waals surface area contributed by atoms with Gasteiger partial charge in [-0.3, -0.25) is 9.78 Å². The fourth-order valence-corrected chi connectivity index (χ4v) is 3.87. The highest BCUT2D eigenvalue weighted by molar-refractivity contribution is 5.96. The topological polar surface area (TPSA) is 62.2 Å². The number of nitrogens with zero attached hydrogens (tertiary/aromatic N) is 1. The standard InChI is InChI=1S/C22H23F3N2O2/c1-3-16-17(22(23,24)25)10-13-26-18(16)20(28)27-19(21(29)11-4-5-12-21)15-8-6-14(2)7-9-15/h3,6-10,13,19,29H,1,4-5,11-12H2,2H3,(H,27,28). The first kappa shape index (κ1) is 21.0. The number of nitrogens with one attached hydrogen (secondary N) is 1. The summed E-state index contributed by atoms with van der Waals surface area (Å²) in [6, 6.07) is 7.41. The van der Waals surface area contributed by atoms with E-state index in [9.17, 15) is 23.1 Å². The highest BCUT2D eigenvalue weighted by Gasteiger charge is 2.42. The van der Waals surface area contributed by atoms with Crippen LogP contribution in [0.3, 0.4) is 0 Å². The van der Waals surface area contributed by atoms with Gasteiger partial charge < -0.3 is 10.4 Å². The number of aryl methyl sites for hydroxylation is 1. The van der Waals surface area contributed by atoms with Crippen LogP contribution in [0.2, 0.25) is 0 Å². The number of alkyl halides is 3. The monoisotopic (exact) mass is 404 g/mol. The van der Waals surface area contributed by atoms with Crippen molar-refractivity contribution in [3.8, 4) is 0 Å². The van der Waals surface area contributed by atoms with E-state index in [2.05, 4.69) is 16.9 Å². The molecule has 1 aliphatic carbocycles. The molecule has 1 aromatic heterocycles. The lowest BCUT2D eigenvalue weighted by Gasteiger charge is -2.34. The predicted molar refractivity (Wildman–Crippen MR) is 104 cm³/mol. The van der Waals surface area contributed by atoms with E-state index in [0.717, 1.165) is 36.7 Å². The third kappa shape index (κ3) is 4.34. The van der Waals surface area contributed by atoms with Crippen molar-refractivity contribution in [1.82, 2.24) is 10.3 Å². The van der Waals surface area contributed by atoms with Gasteiger partial charge in [-0.25, -0.2) is 0 Å². The highest BCUT2D eigenvalue weighted by atomic mass is 19.4. The summed E-state index contributed by atoms with van der Waals surface area (Å²) in [5, 5.41) is 13.9. The third-order valence-corrected chi connectivity index (χ3v) is 5.41. The number of aliphatic hydroxyl groups is 1. The molecule has 1 amide bonds. The maximum absolute atomic E-state index is 13.3. The van der Waals surface area contributed by atoms with Crippen LogP contribution in [0.25, 0.3) is 6.08 Å². The molecule has 0 bridgehead atoms. The highest BCUT2D eigenvalue weighted by Crippen LogP contribution is 2.40. The molecule has 1 heterocycles. The molecule has 0 saturated heterocycles. The molecule has 4 nitrogen and oxygen atoms in total. The van der Waals surface area contributed by atoms with E-state index in [-0.39, 0.29) is 11.3 Å². The Bertz CT molecular complexity index is 901. The van der Waals surface area contributed by atoms with E-state index >= 15 is 0 Å². The van der Waals surface area contributed by atoms with Gasteiger partial charge in [0, 0.05) is 11.8 Å². The van der Waals surface area contributed by atoms with Gasteiger partial charge in [-0.2, -0.15) is 13.2 Å². The molecule has 0 spiro atoms. The van der Waals surface area contributed by atoms with Gasteiger partial charge >= 0.3 is 6.18 Å². The molecule has 2 aromatic rings. The van der Waals surface area contributed by atoms with Gasteiger partial charge in [-0.05, 0) is 31.4 Å². The zero-order chi connectivity index (χ0) is 21.2. The number of hydrogen-bond donors (Lipinski definition) is 2. The summed E-state index contributed by atoms with van der Waals surface area (Å²) in [4.78, 5) is 16.8. The molecule has 1 atom stereocenters. The Kier molecular flexibility index (Phi) is 5.80. The summed E-state index contributed by atoms with van der Waals surface area (Å²) in [5.41, 5.74) is -1.17. The number of pyridine rings is 1. The van der Waals surface area contributed by atoms with Crippen LogP contribution in [0.1, 0.15) is 64.5 Å². The summed E-state index contributed by atoms with van der Waals surface area (Å²) in [6.07, 6.45) is -0.0808. The zero-order valence-corrected chi connectivity index (χ0v) is 16.1. The lowest BCUT2D eigenvalue weighted by atomic mass is 9.86. The number of halogens is 3. The zero-order valence-electron chi connectivity index (χ0n) is 16.1. The molecule has 29 heavy (non-hydrogen) atoms. The van der Waals surface area contributed by atoms with Crippen molar-refractivity contribution in [2.75, 3.05) is 0 Å². The molecule has 1 saturated carbocycles. The van der Waals surface area contributed by atoms with Crippen molar-refractivity contribution >= 4 is 12.0 Å². The van der Waals surface area contributed by atoms with Crippen molar-refractivity contribution in [1.29, 1.82) is 0 Å². The molecule has 154 valence electrons. The van der Waals surface area contributed by atoms with E-state index < -0.39 is 29.3 Å². The molecule has 1 aromatic carbocycles. The van der Waals surface area contributed by atoms with Crippen LogP contribution in [-0.4, -0.2) is 21.6 Å². The summed E-state index contributed by atoms with van der Waals surface area (Å²) in [7, 11) is 0. The maximum atomic E-state index is 13.3. The van der Waals surface area contributed by atoms with Crippen LogP contribution in [-0.2, 0) is 6.18 Å². The number of aromatic nitrogens is 1. The first-order valence-corrected chi connectivity index (χ1v) is 9.44. The van der Waals surface area contributed by atoms with Gasteiger partial charge in [0.1, 0.15) is 5.69 Å². The van der Waals surface area contributed by atoms with E-state index in [0.29, 0.717) is 18.4 Å². The maximum Gasteiger partial charge on any atom is 0.417 e. The molecule has 0 radical (unpaired) electrons. The minimum absolute atomic E-state index is 0.367.